The summed E-state index contributed by atoms with van der Waals surface area (Å²) in [6, 6.07) is 4.11. The van der Waals surface area contributed by atoms with Crippen molar-refractivity contribution < 1.29 is 8.42 Å². The lowest BCUT2D eigenvalue weighted by atomic mass is 10.1. The minimum atomic E-state index is -3.54. The van der Waals surface area contributed by atoms with Crippen LogP contribution in [0.3, 0.4) is 0 Å². The molecule has 96 valence electrons. The van der Waals surface area contributed by atoms with Gasteiger partial charge in [-0.05, 0) is 31.0 Å². The highest BCUT2D eigenvalue weighted by Gasteiger charge is 2.19. The van der Waals surface area contributed by atoms with Crippen LogP contribution in [-0.2, 0) is 10.0 Å². The molecule has 0 amide bonds. The molecule has 0 heterocycles. The monoisotopic (exact) mass is 295 g/mol. The molecule has 1 aromatic rings. The van der Waals surface area contributed by atoms with Crippen molar-refractivity contribution in [1.82, 2.24) is 4.72 Å². The SMILES string of the molecule is CC(C)C(C)NS(=O)(=O)c1ccc(Cl)c(Cl)c1. The molecular formula is C11H15Cl2NO2S. The molecule has 0 radical (unpaired) electrons. The van der Waals surface area contributed by atoms with Gasteiger partial charge in [0.25, 0.3) is 0 Å². The molecule has 17 heavy (non-hydrogen) atoms. The van der Waals surface area contributed by atoms with Crippen LogP contribution in [0, 0.1) is 5.92 Å². The first-order valence-electron chi connectivity index (χ1n) is 5.21. The Balaban J connectivity index is 3.01. The second-order valence-corrected chi connectivity index (χ2v) is 6.76. The molecule has 1 aromatic carbocycles. The van der Waals surface area contributed by atoms with Crippen molar-refractivity contribution in [2.24, 2.45) is 5.92 Å². The van der Waals surface area contributed by atoms with Crippen LogP contribution in [0.2, 0.25) is 10.0 Å². The van der Waals surface area contributed by atoms with E-state index in [4.69, 9.17) is 23.2 Å². The van der Waals surface area contributed by atoms with Crippen molar-refractivity contribution in [3.63, 3.8) is 0 Å². The van der Waals surface area contributed by atoms with Gasteiger partial charge in [-0.2, -0.15) is 0 Å². The molecule has 1 atom stereocenters. The van der Waals surface area contributed by atoms with E-state index in [2.05, 4.69) is 4.72 Å². The fourth-order valence-corrected chi connectivity index (χ4v) is 2.87. The van der Waals surface area contributed by atoms with Crippen LogP contribution >= 0.6 is 23.2 Å². The number of benzene rings is 1. The van der Waals surface area contributed by atoms with Gasteiger partial charge in [-0.15, -0.1) is 0 Å². The summed E-state index contributed by atoms with van der Waals surface area (Å²) in [5.74, 6) is 0.215. The maximum atomic E-state index is 12.0. The lowest BCUT2D eigenvalue weighted by molar-refractivity contribution is 0.476. The molecule has 1 rings (SSSR count). The molecule has 0 saturated heterocycles. The van der Waals surface area contributed by atoms with Crippen molar-refractivity contribution in [2.75, 3.05) is 0 Å². The van der Waals surface area contributed by atoms with Crippen LogP contribution in [-0.4, -0.2) is 14.5 Å². The molecule has 3 nitrogen and oxygen atoms in total. The Kier molecular flexibility index (Phi) is 4.84. The first kappa shape index (κ1) is 14.8. The molecule has 0 aliphatic rings. The first-order valence-corrected chi connectivity index (χ1v) is 7.45. The quantitative estimate of drug-likeness (QED) is 0.926. The summed E-state index contributed by atoms with van der Waals surface area (Å²) < 4.78 is 26.6. The Morgan fingerprint density at radius 2 is 1.71 bits per heavy atom. The van der Waals surface area contributed by atoms with Crippen molar-refractivity contribution in [1.29, 1.82) is 0 Å². The maximum Gasteiger partial charge on any atom is 0.240 e. The zero-order valence-electron chi connectivity index (χ0n) is 9.87. The van der Waals surface area contributed by atoms with Crippen molar-refractivity contribution in [3.05, 3.63) is 28.2 Å². The summed E-state index contributed by atoms with van der Waals surface area (Å²) in [4.78, 5) is 0.124. The highest BCUT2D eigenvalue weighted by molar-refractivity contribution is 7.89. The molecule has 6 heteroatoms. The predicted octanol–water partition coefficient (Wildman–Crippen LogP) is 3.32. The number of nitrogens with one attached hydrogen (secondary N) is 1. The zero-order valence-corrected chi connectivity index (χ0v) is 12.2. The van der Waals surface area contributed by atoms with E-state index in [0.717, 1.165) is 0 Å². The van der Waals surface area contributed by atoms with E-state index in [1.165, 1.54) is 18.2 Å². The summed E-state index contributed by atoms with van der Waals surface area (Å²) in [7, 11) is -3.54. The minimum Gasteiger partial charge on any atom is -0.208 e. The average molecular weight is 296 g/mol. The van der Waals surface area contributed by atoms with Crippen LogP contribution in [0.4, 0.5) is 0 Å². The van der Waals surface area contributed by atoms with E-state index in [9.17, 15) is 8.42 Å². The third-order valence-electron chi connectivity index (χ3n) is 2.54. The molecule has 0 bridgehead atoms. The number of rotatable bonds is 4. The highest BCUT2D eigenvalue weighted by Crippen LogP contribution is 2.25. The highest BCUT2D eigenvalue weighted by atomic mass is 35.5. The third-order valence-corrected chi connectivity index (χ3v) is 4.84. The van der Waals surface area contributed by atoms with E-state index < -0.39 is 10.0 Å². The number of sulfonamides is 1. The van der Waals surface area contributed by atoms with Gasteiger partial charge in [-0.25, -0.2) is 13.1 Å². The van der Waals surface area contributed by atoms with E-state index in [-0.39, 0.29) is 21.9 Å². The predicted molar refractivity (Wildman–Crippen MR) is 71.1 cm³/mol. The van der Waals surface area contributed by atoms with Crippen LogP contribution in [0.25, 0.3) is 0 Å². The van der Waals surface area contributed by atoms with Gasteiger partial charge in [-0.1, -0.05) is 37.0 Å². The molecule has 0 spiro atoms. The normalized spacial score (nSPS) is 14.0. The number of hydrogen-bond donors (Lipinski definition) is 1. The van der Waals surface area contributed by atoms with Gasteiger partial charge in [-0.3, -0.25) is 0 Å². The Morgan fingerprint density at radius 3 is 2.18 bits per heavy atom. The molecule has 0 aromatic heterocycles. The van der Waals surface area contributed by atoms with Gasteiger partial charge < -0.3 is 0 Å². The lowest BCUT2D eigenvalue weighted by Gasteiger charge is -2.17. The summed E-state index contributed by atoms with van der Waals surface area (Å²) in [6.45, 7) is 5.71. The minimum absolute atomic E-state index is 0.124. The summed E-state index contributed by atoms with van der Waals surface area (Å²) in [5.41, 5.74) is 0. The second kappa shape index (κ2) is 5.57. The Morgan fingerprint density at radius 1 is 1.12 bits per heavy atom. The molecule has 0 saturated carbocycles. The fraction of sp³-hybridized carbons (Fsp3) is 0.455. The fourth-order valence-electron chi connectivity index (χ4n) is 1.09. The number of halogens is 2. The van der Waals surface area contributed by atoms with Crippen LogP contribution in [0.15, 0.2) is 23.1 Å². The zero-order chi connectivity index (χ0) is 13.2. The summed E-state index contributed by atoms with van der Waals surface area (Å²) in [6.07, 6.45) is 0. The molecule has 0 aliphatic carbocycles. The van der Waals surface area contributed by atoms with Crippen molar-refractivity contribution in [3.8, 4) is 0 Å². The lowest BCUT2D eigenvalue weighted by Crippen LogP contribution is -2.36. The third kappa shape index (κ3) is 3.85. The topological polar surface area (TPSA) is 46.2 Å². The Bertz CT molecular complexity index is 500. The maximum absolute atomic E-state index is 12.0. The summed E-state index contributed by atoms with van der Waals surface area (Å²) >= 11 is 11.5. The van der Waals surface area contributed by atoms with Crippen LogP contribution in [0.5, 0.6) is 0 Å². The van der Waals surface area contributed by atoms with Gasteiger partial charge in [0.2, 0.25) is 10.0 Å². The van der Waals surface area contributed by atoms with Gasteiger partial charge in [0, 0.05) is 6.04 Å². The van der Waals surface area contributed by atoms with Gasteiger partial charge in [0.05, 0.1) is 14.9 Å². The Labute approximate surface area is 112 Å². The molecule has 1 N–H and O–H groups in total. The molecule has 0 fully saturated rings. The van der Waals surface area contributed by atoms with E-state index >= 15 is 0 Å². The van der Waals surface area contributed by atoms with E-state index in [1.807, 2.05) is 20.8 Å². The van der Waals surface area contributed by atoms with Gasteiger partial charge >= 0.3 is 0 Å². The molecular weight excluding hydrogens is 281 g/mol. The van der Waals surface area contributed by atoms with Crippen LogP contribution < -0.4 is 4.72 Å². The summed E-state index contributed by atoms with van der Waals surface area (Å²) in [5, 5.41) is 0.564. The van der Waals surface area contributed by atoms with Gasteiger partial charge in [0.15, 0.2) is 0 Å². The van der Waals surface area contributed by atoms with Crippen LogP contribution in [0.1, 0.15) is 20.8 Å². The first-order chi connectivity index (χ1) is 7.74. The average Bonchev–Trinajstić information content (AvgIpc) is 2.21. The second-order valence-electron chi connectivity index (χ2n) is 4.23. The van der Waals surface area contributed by atoms with Crippen molar-refractivity contribution >= 4 is 33.2 Å². The largest absolute Gasteiger partial charge is 0.240 e. The smallest absolute Gasteiger partial charge is 0.208 e. The molecule has 0 aliphatic heterocycles. The number of hydrogen-bond acceptors (Lipinski definition) is 2. The van der Waals surface area contributed by atoms with Gasteiger partial charge in [0.1, 0.15) is 0 Å². The van der Waals surface area contributed by atoms with E-state index in [1.54, 1.807) is 0 Å². The Hall–Kier alpha value is -0.290. The molecule has 1 unspecified atom stereocenters. The van der Waals surface area contributed by atoms with E-state index in [0.29, 0.717) is 5.02 Å². The standard InChI is InChI=1S/C11H15Cl2NO2S/c1-7(2)8(3)14-17(15,16)9-4-5-10(12)11(13)6-9/h4-8,14H,1-3H3. The van der Waals surface area contributed by atoms with Crippen molar-refractivity contribution in [2.45, 2.75) is 31.7 Å².